The number of aromatic amines is 1. The highest BCUT2D eigenvalue weighted by molar-refractivity contribution is 5.96. The Morgan fingerprint density at radius 3 is 2.79 bits per heavy atom. The van der Waals surface area contributed by atoms with Gasteiger partial charge in [-0.15, -0.1) is 0 Å². The molecule has 0 radical (unpaired) electrons. The molecule has 1 aromatic heterocycles. The Morgan fingerprint density at radius 2 is 2.21 bits per heavy atom. The van der Waals surface area contributed by atoms with Gasteiger partial charge in [-0.05, 0) is 12.8 Å². The molecule has 0 spiro atoms. The molecular weight excluding hydrogens is 248 g/mol. The van der Waals surface area contributed by atoms with Crippen molar-refractivity contribution in [3.05, 3.63) is 18.2 Å². The van der Waals surface area contributed by atoms with Gasteiger partial charge in [0.1, 0.15) is 11.7 Å². The fourth-order valence-electron chi connectivity index (χ4n) is 2.18. The predicted molar refractivity (Wildman–Crippen MR) is 67.3 cm³/mol. The molecule has 0 unspecified atom stereocenters. The number of carbonyl (C=O) groups excluding carboxylic acids is 2. The van der Waals surface area contributed by atoms with Gasteiger partial charge in [0.2, 0.25) is 5.91 Å². The maximum atomic E-state index is 11.9. The fourth-order valence-corrected chi connectivity index (χ4v) is 2.18. The Morgan fingerprint density at radius 1 is 1.47 bits per heavy atom. The van der Waals surface area contributed by atoms with Crippen LogP contribution in [0.4, 0.5) is 0 Å². The smallest absolute Gasteiger partial charge is 0.270 e. The van der Waals surface area contributed by atoms with E-state index in [1.54, 1.807) is 0 Å². The van der Waals surface area contributed by atoms with Crippen LogP contribution in [-0.2, 0) is 4.79 Å². The Bertz CT molecular complexity index is 426. The van der Waals surface area contributed by atoms with Gasteiger partial charge in [0.15, 0.2) is 0 Å². The molecule has 1 fully saturated rings. The molecule has 0 aromatic carbocycles. The van der Waals surface area contributed by atoms with Crippen molar-refractivity contribution in [2.45, 2.75) is 37.8 Å². The van der Waals surface area contributed by atoms with Gasteiger partial charge in [-0.2, -0.15) is 0 Å². The molecule has 1 aromatic rings. The van der Waals surface area contributed by atoms with E-state index in [-0.39, 0.29) is 17.6 Å². The van der Waals surface area contributed by atoms with E-state index < -0.39 is 18.6 Å². The quantitative estimate of drug-likeness (QED) is 0.579. The Hall–Kier alpha value is -1.89. The summed E-state index contributed by atoms with van der Waals surface area (Å²) in [7, 11) is 0. The number of carbonyl (C=O) groups is 2. The lowest BCUT2D eigenvalue weighted by Crippen LogP contribution is -2.51. The molecule has 1 atom stereocenters. The molecule has 1 saturated carbocycles. The number of aromatic nitrogens is 2. The summed E-state index contributed by atoms with van der Waals surface area (Å²) in [5.41, 5.74) is 0.257. The summed E-state index contributed by atoms with van der Waals surface area (Å²) in [6, 6.07) is -0.776. The summed E-state index contributed by atoms with van der Waals surface area (Å²) in [6.07, 6.45) is 6.86. The molecule has 0 saturated heterocycles. The van der Waals surface area contributed by atoms with Crippen LogP contribution in [0, 0.1) is 0 Å². The number of amides is 2. The summed E-state index contributed by atoms with van der Waals surface area (Å²) in [6.45, 7) is -0.432. The molecule has 7 nitrogen and oxygen atoms in total. The third-order valence-electron chi connectivity index (χ3n) is 3.25. The molecule has 0 aliphatic heterocycles. The van der Waals surface area contributed by atoms with Gasteiger partial charge in [0.25, 0.3) is 5.91 Å². The van der Waals surface area contributed by atoms with Crippen molar-refractivity contribution in [2.24, 2.45) is 0 Å². The molecule has 2 rings (SSSR count). The molecule has 19 heavy (non-hydrogen) atoms. The van der Waals surface area contributed by atoms with Crippen molar-refractivity contribution in [3.8, 4) is 0 Å². The van der Waals surface area contributed by atoms with Crippen LogP contribution in [0.15, 0.2) is 12.5 Å². The van der Waals surface area contributed by atoms with Gasteiger partial charge in [0.05, 0.1) is 19.1 Å². The zero-order valence-electron chi connectivity index (χ0n) is 10.6. The van der Waals surface area contributed by atoms with Crippen LogP contribution < -0.4 is 10.6 Å². The zero-order chi connectivity index (χ0) is 13.7. The minimum Gasteiger partial charge on any atom is -0.394 e. The van der Waals surface area contributed by atoms with Gasteiger partial charge in [0, 0.05) is 6.04 Å². The standard InChI is InChI=1S/C12H18N4O3/c17-6-10(12(19)15-8-3-1-2-4-8)16-11(18)9-5-13-7-14-9/h5,7-8,10,17H,1-4,6H2,(H,13,14)(H,15,19)(H,16,18)/t10-/m0/s1. The number of H-pyrrole nitrogens is 1. The van der Waals surface area contributed by atoms with Gasteiger partial charge in [-0.3, -0.25) is 9.59 Å². The zero-order valence-corrected chi connectivity index (χ0v) is 10.6. The first-order valence-electron chi connectivity index (χ1n) is 6.41. The lowest BCUT2D eigenvalue weighted by Gasteiger charge is -2.18. The number of aliphatic hydroxyl groups excluding tert-OH is 1. The molecule has 1 heterocycles. The van der Waals surface area contributed by atoms with Crippen LogP contribution in [0.3, 0.4) is 0 Å². The summed E-state index contributed by atoms with van der Waals surface area (Å²) in [5, 5.41) is 14.5. The molecule has 2 amide bonds. The monoisotopic (exact) mass is 266 g/mol. The van der Waals surface area contributed by atoms with E-state index in [0.717, 1.165) is 25.7 Å². The Balaban J connectivity index is 1.88. The first-order valence-corrected chi connectivity index (χ1v) is 6.41. The van der Waals surface area contributed by atoms with Crippen LogP contribution in [-0.4, -0.2) is 45.6 Å². The van der Waals surface area contributed by atoms with Gasteiger partial charge in [-0.1, -0.05) is 12.8 Å². The molecule has 7 heteroatoms. The topological polar surface area (TPSA) is 107 Å². The van der Waals surface area contributed by atoms with E-state index in [1.165, 1.54) is 12.5 Å². The van der Waals surface area contributed by atoms with Gasteiger partial charge >= 0.3 is 0 Å². The number of hydrogen-bond acceptors (Lipinski definition) is 4. The second-order valence-electron chi connectivity index (χ2n) is 4.66. The highest BCUT2D eigenvalue weighted by Gasteiger charge is 2.24. The highest BCUT2D eigenvalue weighted by atomic mass is 16.3. The first-order chi connectivity index (χ1) is 9.20. The molecule has 104 valence electrons. The fraction of sp³-hybridized carbons (Fsp3) is 0.583. The number of nitrogens with zero attached hydrogens (tertiary/aromatic N) is 1. The highest BCUT2D eigenvalue weighted by Crippen LogP contribution is 2.17. The number of aliphatic hydroxyl groups is 1. The lowest BCUT2D eigenvalue weighted by molar-refractivity contribution is -0.124. The average Bonchev–Trinajstić information content (AvgIpc) is 3.07. The maximum absolute atomic E-state index is 11.9. The number of imidazole rings is 1. The normalized spacial score (nSPS) is 17.1. The van der Waals surface area contributed by atoms with E-state index in [0.29, 0.717) is 0 Å². The summed E-state index contributed by atoms with van der Waals surface area (Å²) in [5.74, 6) is -0.805. The van der Waals surface area contributed by atoms with Crippen molar-refractivity contribution in [2.75, 3.05) is 6.61 Å². The van der Waals surface area contributed by atoms with E-state index >= 15 is 0 Å². The SMILES string of the molecule is O=C(N[C@@H](CO)C(=O)NC1CCCC1)c1cnc[nH]1. The van der Waals surface area contributed by atoms with E-state index in [1.807, 2.05) is 0 Å². The second kappa shape index (κ2) is 6.33. The maximum Gasteiger partial charge on any atom is 0.270 e. The minimum atomic E-state index is -0.934. The third-order valence-corrected chi connectivity index (χ3v) is 3.25. The molecule has 1 aliphatic rings. The number of rotatable bonds is 5. The first kappa shape index (κ1) is 13.5. The second-order valence-corrected chi connectivity index (χ2v) is 4.66. The van der Waals surface area contributed by atoms with Crippen LogP contribution in [0.25, 0.3) is 0 Å². The van der Waals surface area contributed by atoms with E-state index in [2.05, 4.69) is 20.6 Å². The van der Waals surface area contributed by atoms with Crippen LogP contribution in [0.1, 0.15) is 36.2 Å². The molecule has 0 bridgehead atoms. The van der Waals surface area contributed by atoms with E-state index in [9.17, 15) is 14.7 Å². The molecule has 1 aliphatic carbocycles. The van der Waals surface area contributed by atoms with Crippen molar-refractivity contribution < 1.29 is 14.7 Å². The van der Waals surface area contributed by atoms with Gasteiger partial charge < -0.3 is 20.7 Å². The lowest BCUT2D eigenvalue weighted by atomic mass is 10.2. The van der Waals surface area contributed by atoms with Crippen LogP contribution in [0.2, 0.25) is 0 Å². The predicted octanol–water partition coefficient (Wildman–Crippen LogP) is -0.441. The van der Waals surface area contributed by atoms with Crippen LogP contribution >= 0.6 is 0 Å². The third kappa shape index (κ3) is 3.54. The minimum absolute atomic E-state index is 0.158. The Kier molecular flexibility index (Phi) is 4.51. The Labute approximate surface area is 110 Å². The van der Waals surface area contributed by atoms with Crippen molar-refractivity contribution in [1.82, 2.24) is 20.6 Å². The van der Waals surface area contributed by atoms with Gasteiger partial charge in [-0.25, -0.2) is 4.98 Å². The molecular formula is C12H18N4O3. The van der Waals surface area contributed by atoms with Crippen molar-refractivity contribution in [3.63, 3.8) is 0 Å². The summed E-state index contributed by atoms with van der Waals surface area (Å²) in [4.78, 5) is 30.0. The summed E-state index contributed by atoms with van der Waals surface area (Å²) >= 11 is 0. The number of nitrogens with one attached hydrogen (secondary N) is 3. The average molecular weight is 266 g/mol. The number of hydrogen-bond donors (Lipinski definition) is 4. The van der Waals surface area contributed by atoms with Crippen molar-refractivity contribution >= 4 is 11.8 Å². The largest absolute Gasteiger partial charge is 0.394 e. The summed E-state index contributed by atoms with van der Waals surface area (Å²) < 4.78 is 0. The van der Waals surface area contributed by atoms with Crippen molar-refractivity contribution in [1.29, 1.82) is 0 Å². The van der Waals surface area contributed by atoms with Crippen LogP contribution in [0.5, 0.6) is 0 Å². The molecule has 4 N–H and O–H groups in total. The van der Waals surface area contributed by atoms with E-state index in [4.69, 9.17) is 0 Å².